The number of carbonyl (C=O) groups excluding carboxylic acids is 1. The third-order valence-electron chi connectivity index (χ3n) is 5.65. The van der Waals surface area contributed by atoms with E-state index in [1.165, 1.54) is 23.4 Å². The van der Waals surface area contributed by atoms with Crippen molar-refractivity contribution in [2.24, 2.45) is 0 Å². The second-order valence-corrected chi connectivity index (χ2v) is 9.22. The van der Waals surface area contributed by atoms with Gasteiger partial charge in [-0.25, -0.2) is 19.6 Å². The van der Waals surface area contributed by atoms with Crippen molar-refractivity contribution < 1.29 is 13.9 Å². The van der Waals surface area contributed by atoms with E-state index in [0.717, 1.165) is 5.56 Å². The van der Waals surface area contributed by atoms with Gasteiger partial charge in [0.1, 0.15) is 11.3 Å². The number of imidazole rings is 1. The molecule has 0 fully saturated rings. The highest BCUT2D eigenvalue weighted by atomic mass is 35.5. The molecule has 5 rings (SSSR count). The summed E-state index contributed by atoms with van der Waals surface area (Å²) in [4.78, 5) is 48.7. The number of ether oxygens (including phenoxy) is 1. The molecule has 184 valence electrons. The molecule has 5 aromatic rings. The molecule has 10 nitrogen and oxygen atoms in total. The molecule has 12 heteroatoms. The minimum Gasteiger partial charge on any atom is -0.465 e. The minimum atomic E-state index is -0.539. The number of rotatable bonds is 7. The molecule has 2 aromatic carbocycles. The van der Waals surface area contributed by atoms with Gasteiger partial charge in [0, 0.05) is 11.6 Å². The van der Waals surface area contributed by atoms with E-state index in [1.54, 1.807) is 34.9 Å². The summed E-state index contributed by atoms with van der Waals surface area (Å²) in [6.45, 7) is 2.60. The van der Waals surface area contributed by atoms with Crippen LogP contribution in [-0.4, -0.2) is 37.2 Å². The molecule has 0 bridgehead atoms. The fourth-order valence-corrected chi connectivity index (χ4v) is 4.84. The maximum absolute atomic E-state index is 12.7. The number of nitrogens with one attached hydrogen (secondary N) is 1. The molecule has 0 radical (unpaired) electrons. The molecular weight excluding hydrogens is 506 g/mol. The van der Waals surface area contributed by atoms with Crippen molar-refractivity contribution in [3.63, 3.8) is 0 Å². The van der Waals surface area contributed by atoms with Crippen LogP contribution in [0.1, 0.15) is 28.7 Å². The molecule has 0 atom stereocenters. The van der Waals surface area contributed by atoms with Gasteiger partial charge in [-0.3, -0.25) is 14.3 Å². The van der Waals surface area contributed by atoms with Gasteiger partial charge >= 0.3 is 11.7 Å². The van der Waals surface area contributed by atoms with Gasteiger partial charge in [0.05, 0.1) is 25.0 Å². The third kappa shape index (κ3) is 4.42. The number of aromatic amines is 1. The minimum absolute atomic E-state index is 0.226. The Kier molecular flexibility index (Phi) is 6.42. The fourth-order valence-electron chi connectivity index (χ4n) is 3.93. The van der Waals surface area contributed by atoms with Crippen LogP contribution in [0.5, 0.6) is 0 Å². The number of aromatic nitrogens is 5. The predicted molar refractivity (Wildman–Crippen MR) is 136 cm³/mol. The first kappa shape index (κ1) is 23.9. The molecule has 0 spiro atoms. The van der Waals surface area contributed by atoms with E-state index in [4.69, 9.17) is 20.8 Å². The molecule has 0 saturated heterocycles. The Morgan fingerprint density at radius 2 is 1.92 bits per heavy atom. The molecule has 3 heterocycles. The summed E-state index contributed by atoms with van der Waals surface area (Å²) in [6, 6.07) is 12.0. The molecule has 0 saturated carbocycles. The number of fused-ring (bicyclic) bond motifs is 2. The van der Waals surface area contributed by atoms with Crippen molar-refractivity contribution >= 4 is 51.6 Å². The molecule has 36 heavy (non-hydrogen) atoms. The molecule has 0 aliphatic heterocycles. The number of hydrogen-bond donors (Lipinski definition) is 1. The number of nitrogens with zero attached hydrogens (tertiary/aromatic N) is 4. The number of H-pyrrole nitrogens is 1. The number of thioether (sulfide) groups is 1. The van der Waals surface area contributed by atoms with Gasteiger partial charge in [0.15, 0.2) is 16.7 Å². The third-order valence-corrected chi connectivity index (χ3v) is 6.72. The average Bonchev–Trinajstić information content (AvgIpc) is 3.46. The SMILES string of the molecule is CCn1c(CSc2nc3cc(C(=O)OC)ccc3o2)nc2c1c(=O)[nH]c(=O)n2Cc1ccc(Cl)cc1. The normalized spacial score (nSPS) is 11.4. The zero-order chi connectivity index (χ0) is 25.4. The van der Waals surface area contributed by atoms with Crippen LogP contribution in [0.15, 0.2) is 61.7 Å². The summed E-state index contributed by atoms with van der Waals surface area (Å²) in [5.41, 5.74) is 1.86. The summed E-state index contributed by atoms with van der Waals surface area (Å²) >= 11 is 7.27. The number of hydrogen-bond acceptors (Lipinski definition) is 8. The van der Waals surface area contributed by atoms with Crippen molar-refractivity contribution in [2.45, 2.75) is 31.0 Å². The van der Waals surface area contributed by atoms with Crippen molar-refractivity contribution in [3.05, 3.63) is 85.3 Å². The lowest BCUT2D eigenvalue weighted by Gasteiger charge is -2.07. The monoisotopic (exact) mass is 525 g/mol. The van der Waals surface area contributed by atoms with E-state index < -0.39 is 17.2 Å². The van der Waals surface area contributed by atoms with Gasteiger partial charge in [-0.15, -0.1) is 0 Å². The molecule has 0 amide bonds. The second-order valence-electron chi connectivity index (χ2n) is 7.86. The fraction of sp³-hybridized carbons (Fsp3) is 0.208. The number of carbonyl (C=O) groups is 1. The first-order valence-electron chi connectivity index (χ1n) is 11.0. The van der Waals surface area contributed by atoms with Gasteiger partial charge in [-0.1, -0.05) is 35.5 Å². The topological polar surface area (TPSA) is 125 Å². The van der Waals surface area contributed by atoms with Crippen LogP contribution < -0.4 is 11.2 Å². The Morgan fingerprint density at radius 1 is 1.14 bits per heavy atom. The van der Waals surface area contributed by atoms with E-state index in [2.05, 4.69) is 15.0 Å². The maximum Gasteiger partial charge on any atom is 0.337 e. The van der Waals surface area contributed by atoms with Gasteiger partial charge in [0.2, 0.25) is 0 Å². The van der Waals surface area contributed by atoms with Crippen LogP contribution in [0.25, 0.3) is 22.3 Å². The second kappa shape index (κ2) is 9.67. The highest BCUT2D eigenvalue weighted by Crippen LogP contribution is 2.28. The summed E-state index contributed by atoms with van der Waals surface area (Å²) in [7, 11) is 1.32. The number of aryl methyl sites for hydroxylation is 1. The summed E-state index contributed by atoms with van der Waals surface area (Å²) < 4.78 is 13.8. The first-order valence-corrected chi connectivity index (χ1v) is 12.3. The van der Waals surface area contributed by atoms with Crippen molar-refractivity contribution in [1.29, 1.82) is 0 Å². The first-order chi connectivity index (χ1) is 17.4. The van der Waals surface area contributed by atoms with Gasteiger partial charge in [-0.05, 0) is 42.8 Å². The molecular formula is C24H20ClN5O5S. The van der Waals surface area contributed by atoms with Crippen LogP contribution in [-0.2, 0) is 23.6 Å². The summed E-state index contributed by atoms with van der Waals surface area (Å²) in [5.74, 6) is 0.477. The largest absolute Gasteiger partial charge is 0.465 e. The zero-order valence-corrected chi connectivity index (χ0v) is 20.9. The van der Waals surface area contributed by atoms with Crippen LogP contribution in [0.4, 0.5) is 0 Å². The van der Waals surface area contributed by atoms with Gasteiger partial charge < -0.3 is 13.7 Å². The number of halogens is 1. The smallest absolute Gasteiger partial charge is 0.337 e. The Morgan fingerprint density at radius 3 is 2.64 bits per heavy atom. The zero-order valence-electron chi connectivity index (χ0n) is 19.3. The number of esters is 1. The van der Waals surface area contributed by atoms with Crippen LogP contribution in [0, 0.1) is 0 Å². The van der Waals surface area contributed by atoms with Crippen LogP contribution >= 0.6 is 23.4 Å². The molecule has 3 aromatic heterocycles. The number of oxazole rings is 1. The quantitative estimate of drug-likeness (QED) is 0.251. The lowest BCUT2D eigenvalue weighted by molar-refractivity contribution is 0.0601. The highest BCUT2D eigenvalue weighted by Gasteiger charge is 2.19. The molecule has 0 unspecified atom stereocenters. The Balaban J connectivity index is 1.49. The van der Waals surface area contributed by atoms with E-state index in [0.29, 0.717) is 56.2 Å². The van der Waals surface area contributed by atoms with Crippen molar-refractivity contribution in [3.8, 4) is 0 Å². The Bertz CT molecular complexity index is 1720. The molecule has 0 aliphatic rings. The highest BCUT2D eigenvalue weighted by molar-refractivity contribution is 7.98. The number of benzene rings is 2. The van der Waals surface area contributed by atoms with Crippen molar-refractivity contribution in [1.82, 2.24) is 24.1 Å². The van der Waals surface area contributed by atoms with Crippen LogP contribution in [0.3, 0.4) is 0 Å². The van der Waals surface area contributed by atoms with E-state index >= 15 is 0 Å². The van der Waals surface area contributed by atoms with Crippen LogP contribution in [0.2, 0.25) is 5.02 Å². The molecule has 1 N–H and O–H groups in total. The lowest BCUT2D eigenvalue weighted by Crippen LogP contribution is -2.31. The molecule has 0 aliphatic carbocycles. The van der Waals surface area contributed by atoms with Gasteiger partial charge in [0.25, 0.3) is 10.8 Å². The lowest BCUT2D eigenvalue weighted by atomic mass is 10.2. The maximum atomic E-state index is 12.7. The Labute approximate surface area is 212 Å². The predicted octanol–water partition coefficient (Wildman–Crippen LogP) is 3.83. The standard InChI is InChI=1S/C24H20ClN5O5S/c1-3-29-18(12-36-24-26-16-10-14(22(32)34-2)6-9-17(16)35-24)27-20-19(29)21(31)28-23(33)30(20)11-13-4-7-15(25)8-5-13/h4-10H,3,11-12H2,1-2H3,(H,28,31,33). The van der Waals surface area contributed by atoms with E-state index in [-0.39, 0.29) is 6.54 Å². The van der Waals surface area contributed by atoms with Crippen molar-refractivity contribution in [2.75, 3.05) is 7.11 Å². The number of methoxy groups -OCH3 is 1. The average molecular weight is 526 g/mol. The Hall–Kier alpha value is -3.83. The summed E-state index contributed by atoms with van der Waals surface area (Å²) in [5, 5.41) is 0.974. The van der Waals surface area contributed by atoms with E-state index in [1.807, 2.05) is 19.1 Å². The van der Waals surface area contributed by atoms with Gasteiger partial charge in [-0.2, -0.15) is 0 Å². The van der Waals surface area contributed by atoms with E-state index in [9.17, 15) is 14.4 Å². The summed E-state index contributed by atoms with van der Waals surface area (Å²) in [6.07, 6.45) is 0.